The number of anilines is 1. The van der Waals surface area contributed by atoms with E-state index in [2.05, 4.69) is 15.6 Å². The quantitative estimate of drug-likeness (QED) is 0.295. The Hall–Kier alpha value is -5.12. The monoisotopic (exact) mass is 553 g/mol. The molecule has 0 saturated heterocycles. The van der Waals surface area contributed by atoms with Crippen molar-refractivity contribution in [1.29, 1.82) is 0 Å². The Kier molecular flexibility index (Phi) is 7.23. The first-order valence-electron chi connectivity index (χ1n) is 13.2. The third-order valence-electron chi connectivity index (χ3n) is 7.04. The van der Waals surface area contributed by atoms with Gasteiger partial charge in [-0.15, -0.1) is 0 Å². The predicted molar refractivity (Wildman–Crippen MR) is 158 cm³/mol. The van der Waals surface area contributed by atoms with Crippen LogP contribution in [0.3, 0.4) is 0 Å². The summed E-state index contributed by atoms with van der Waals surface area (Å²) in [6.07, 6.45) is 0. The second-order valence-corrected chi connectivity index (χ2v) is 9.68. The number of aryl methyl sites for hydroxylation is 4. The summed E-state index contributed by atoms with van der Waals surface area (Å²) in [4.78, 5) is 43.0. The van der Waals surface area contributed by atoms with E-state index >= 15 is 0 Å². The maximum absolute atomic E-state index is 13.6. The van der Waals surface area contributed by atoms with Gasteiger partial charge in [0.15, 0.2) is 5.69 Å². The van der Waals surface area contributed by atoms with E-state index < -0.39 is 0 Å². The second-order valence-electron chi connectivity index (χ2n) is 9.68. The molecule has 0 fully saturated rings. The summed E-state index contributed by atoms with van der Waals surface area (Å²) in [5.74, 6) is 0.405. The molecule has 0 aliphatic carbocycles. The van der Waals surface area contributed by atoms with Crippen LogP contribution < -0.4 is 20.9 Å². The summed E-state index contributed by atoms with van der Waals surface area (Å²) in [7, 11) is 4.69. The number of aromatic nitrogens is 3. The van der Waals surface area contributed by atoms with Crippen molar-refractivity contribution in [2.24, 2.45) is 7.05 Å². The number of amides is 2. The van der Waals surface area contributed by atoms with Crippen molar-refractivity contribution < 1.29 is 18.8 Å². The molecule has 3 aromatic heterocycles. The minimum atomic E-state index is -0.383. The minimum absolute atomic E-state index is 0.241. The van der Waals surface area contributed by atoms with E-state index in [1.54, 1.807) is 52.4 Å². The molecule has 41 heavy (non-hydrogen) atoms. The number of methoxy groups -OCH3 is 1. The fraction of sp³-hybridized carbons (Fsp3) is 0.226. The number of pyridine rings is 1. The fourth-order valence-electron chi connectivity index (χ4n) is 5.19. The van der Waals surface area contributed by atoms with Crippen LogP contribution in [0.15, 0.2) is 63.9 Å². The van der Waals surface area contributed by atoms with E-state index in [-0.39, 0.29) is 23.1 Å². The zero-order valence-corrected chi connectivity index (χ0v) is 23.8. The van der Waals surface area contributed by atoms with E-state index in [0.717, 1.165) is 16.6 Å². The molecule has 210 valence electrons. The zero-order valence-electron chi connectivity index (χ0n) is 23.8. The molecule has 0 bridgehead atoms. The van der Waals surface area contributed by atoms with Crippen LogP contribution in [0.25, 0.3) is 33.3 Å². The maximum atomic E-state index is 13.6. The first-order chi connectivity index (χ1) is 19.7. The van der Waals surface area contributed by atoms with Crippen LogP contribution in [-0.2, 0) is 13.6 Å². The number of benzene rings is 2. The fourth-order valence-corrected chi connectivity index (χ4v) is 5.19. The molecule has 0 atom stereocenters. The van der Waals surface area contributed by atoms with Gasteiger partial charge in [0.1, 0.15) is 11.5 Å². The Labute approximate surface area is 236 Å². The normalized spacial score (nSPS) is 11.1. The van der Waals surface area contributed by atoms with E-state index in [1.165, 1.54) is 4.74 Å². The minimum Gasteiger partial charge on any atom is -0.496 e. The molecule has 3 heterocycles. The Balaban J connectivity index is 1.60. The number of nitrogens with zero attached hydrogens (tertiary/aromatic N) is 3. The number of hydrogen-bond donors (Lipinski definition) is 2. The number of carbonyl (C=O) groups is 2. The first kappa shape index (κ1) is 27.4. The Morgan fingerprint density at radius 1 is 1.05 bits per heavy atom. The third kappa shape index (κ3) is 4.88. The summed E-state index contributed by atoms with van der Waals surface area (Å²) < 4.78 is 14.4. The Morgan fingerprint density at radius 2 is 1.83 bits per heavy atom. The van der Waals surface area contributed by atoms with Gasteiger partial charge in [0, 0.05) is 59.8 Å². The average molecular weight is 554 g/mol. The van der Waals surface area contributed by atoms with Crippen molar-refractivity contribution in [3.05, 3.63) is 87.7 Å². The molecule has 10 heteroatoms. The lowest BCUT2D eigenvalue weighted by Gasteiger charge is -2.14. The molecular weight excluding hydrogens is 522 g/mol. The van der Waals surface area contributed by atoms with Crippen molar-refractivity contribution in [3.8, 4) is 28.1 Å². The van der Waals surface area contributed by atoms with Crippen LogP contribution in [-0.4, -0.2) is 40.3 Å². The number of hydrogen-bond acceptors (Lipinski definition) is 6. The van der Waals surface area contributed by atoms with Crippen LogP contribution >= 0.6 is 0 Å². The van der Waals surface area contributed by atoms with Crippen molar-refractivity contribution in [2.45, 2.75) is 27.3 Å². The van der Waals surface area contributed by atoms with Gasteiger partial charge in [-0.25, -0.2) is 4.98 Å². The smallest absolute Gasteiger partial charge is 0.290 e. The van der Waals surface area contributed by atoms with Crippen LogP contribution in [0.4, 0.5) is 5.69 Å². The second kappa shape index (κ2) is 10.8. The lowest BCUT2D eigenvalue weighted by molar-refractivity contribution is 0.0961. The molecule has 0 saturated carbocycles. The third-order valence-corrected chi connectivity index (χ3v) is 7.04. The highest BCUT2D eigenvalue weighted by atomic mass is 16.5. The average Bonchev–Trinajstić information content (AvgIpc) is 3.46. The van der Waals surface area contributed by atoms with E-state index in [4.69, 9.17) is 9.26 Å². The van der Waals surface area contributed by atoms with Crippen LogP contribution in [0, 0.1) is 13.8 Å². The predicted octanol–water partition coefficient (Wildman–Crippen LogP) is 4.92. The molecule has 2 aromatic carbocycles. The van der Waals surface area contributed by atoms with Crippen molar-refractivity contribution >= 4 is 28.4 Å². The van der Waals surface area contributed by atoms with Gasteiger partial charge in [-0.1, -0.05) is 12.1 Å². The van der Waals surface area contributed by atoms with Crippen LogP contribution in [0.5, 0.6) is 5.75 Å². The molecule has 0 spiro atoms. The summed E-state index contributed by atoms with van der Waals surface area (Å²) in [5, 5.41) is 6.35. The summed E-state index contributed by atoms with van der Waals surface area (Å²) in [6, 6.07) is 16.4. The largest absolute Gasteiger partial charge is 0.496 e. The number of rotatable bonds is 7. The summed E-state index contributed by atoms with van der Waals surface area (Å²) in [5.41, 5.74) is 5.16. The molecule has 0 radical (unpaired) electrons. The van der Waals surface area contributed by atoms with Crippen LogP contribution in [0.2, 0.25) is 0 Å². The highest BCUT2D eigenvalue weighted by molar-refractivity contribution is 6.12. The highest BCUT2D eigenvalue weighted by Gasteiger charge is 2.22. The topological polar surface area (TPSA) is 120 Å². The van der Waals surface area contributed by atoms with Crippen LogP contribution in [0.1, 0.15) is 39.2 Å². The van der Waals surface area contributed by atoms with Gasteiger partial charge in [0.25, 0.3) is 17.4 Å². The maximum Gasteiger partial charge on any atom is 0.290 e. The van der Waals surface area contributed by atoms with Gasteiger partial charge in [0.05, 0.1) is 18.2 Å². The zero-order chi connectivity index (χ0) is 29.4. The molecule has 2 amide bonds. The SMILES string of the molecule is CCn1c(-c2ccc(-c3c(C)on(C)c3=O)c(OC)c2)cc2cc(C)nc(C(=O)Nc3cccc(C(=O)NC)c3)c21. The number of nitrogens with one attached hydrogen (secondary N) is 2. The molecule has 0 aliphatic rings. The molecule has 0 aliphatic heterocycles. The molecule has 2 N–H and O–H groups in total. The number of carbonyl (C=O) groups excluding carboxylic acids is 2. The van der Waals surface area contributed by atoms with Crippen molar-refractivity contribution in [1.82, 2.24) is 19.6 Å². The van der Waals surface area contributed by atoms with Crippen molar-refractivity contribution in [2.75, 3.05) is 19.5 Å². The standard InChI is InChI=1S/C31H31N5O5/c1-7-36-24(19-11-12-23(25(16-19)40-6)26-18(3)41-35(5)31(26)39)15-21-13-17(2)33-27(28(21)36)30(38)34-22-10-8-9-20(14-22)29(37)32-4/h8-16H,7H2,1-6H3,(H,32,37)(H,34,38). The van der Waals surface area contributed by atoms with E-state index in [9.17, 15) is 14.4 Å². The summed E-state index contributed by atoms with van der Waals surface area (Å²) >= 11 is 0. The molecule has 5 rings (SSSR count). The lowest BCUT2D eigenvalue weighted by Crippen LogP contribution is -2.19. The van der Waals surface area contributed by atoms with Gasteiger partial charge >= 0.3 is 0 Å². The van der Waals surface area contributed by atoms with Gasteiger partial charge in [-0.05, 0) is 63.2 Å². The number of fused-ring (bicyclic) bond motifs is 1. The van der Waals surface area contributed by atoms with Gasteiger partial charge in [-0.3, -0.25) is 14.4 Å². The van der Waals surface area contributed by atoms with E-state index in [1.807, 2.05) is 48.7 Å². The van der Waals surface area contributed by atoms with Gasteiger partial charge < -0.3 is 24.5 Å². The van der Waals surface area contributed by atoms with E-state index in [0.29, 0.717) is 51.6 Å². The number of ether oxygens (including phenoxy) is 1. The van der Waals surface area contributed by atoms with Gasteiger partial charge in [-0.2, -0.15) is 4.74 Å². The molecular formula is C31H31N5O5. The molecule has 0 unspecified atom stereocenters. The highest BCUT2D eigenvalue weighted by Crippen LogP contribution is 2.37. The lowest BCUT2D eigenvalue weighted by atomic mass is 10.0. The summed E-state index contributed by atoms with van der Waals surface area (Å²) in [6.45, 7) is 6.16. The Morgan fingerprint density at radius 3 is 2.49 bits per heavy atom. The first-order valence-corrected chi connectivity index (χ1v) is 13.2. The molecule has 10 nitrogen and oxygen atoms in total. The van der Waals surface area contributed by atoms with Gasteiger partial charge in [0.2, 0.25) is 0 Å². The Bertz CT molecular complexity index is 1880. The molecule has 5 aromatic rings. The van der Waals surface area contributed by atoms with Crippen molar-refractivity contribution in [3.63, 3.8) is 0 Å².